The lowest BCUT2D eigenvalue weighted by atomic mass is 10.3. The van der Waals surface area contributed by atoms with Gasteiger partial charge in [-0.05, 0) is 19.1 Å². The zero-order valence-electron chi connectivity index (χ0n) is 9.22. The highest BCUT2D eigenvalue weighted by Gasteiger charge is 2.07. The molecule has 2 N–H and O–H groups in total. The molecule has 6 heteroatoms. The molecule has 2 amide bonds. The van der Waals surface area contributed by atoms with E-state index in [-0.39, 0.29) is 24.4 Å². The summed E-state index contributed by atoms with van der Waals surface area (Å²) in [4.78, 5) is 21.8. The van der Waals surface area contributed by atoms with E-state index in [1.807, 2.05) is 0 Å². The van der Waals surface area contributed by atoms with Crippen LogP contribution in [-0.2, 0) is 4.79 Å². The van der Waals surface area contributed by atoms with Crippen molar-refractivity contribution in [1.82, 2.24) is 5.32 Å². The van der Waals surface area contributed by atoms with Crippen LogP contribution in [0.15, 0.2) is 18.2 Å². The van der Waals surface area contributed by atoms with Gasteiger partial charge in [0.15, 0.2) is 0 Å². The lowest BCUT2D eigenvalue weighted by molar-refractivity contribution is -0.116. The molecule has 0 heterocycles. The predicted molar refractivity (Wildman–Crippen MR) is 58.7 cm³/mol. The zero-order chi connectivity index (χ0) is 12.8. The minimum Gasteiger partial charge on any atom is -0.337 e. The van der Waals surface area contributed by atoms with E-state index < -0.39 is 17.7 Å². The number of carbonyl (C=O) groups is 2. The largest absolute Gasteiger partial charge is 0.337 e. The average molecular weight is 242 g/mol. The first kappa shape index (κ1) is 13.1. The van der Waals surface area contributed by atoms with Crippen LogP contribution in [0.25, 0.3) is 0 Å². The second-order valence-electron chi connectivity index (χ2n) is 3.46. The molecule has 0 bridgehead atoms. The van der Waals surface area contributed by atoms with Gasteiger partial charge in [-0.2, -0.15) is 0 Å². The lowest BCUT2D eigenvalue weighted by Gasteiger charge is -2.07. The van der Waals surface area contributed by atoms with Crippen LogP contribution in [0.2, 0.25) is 0 Å². The van der Waals surface area contributed by atoms with Crippen molar-refractivity contribution in [3.63, 3.8) is 0 Å². The van der Waals surface area contributed by atoms with Crippen molar-refractivity contribution < 1.29 is 18.4 Å². The number of ketones is 1. The summed E-state index contributed by atoms with van der Waals surface area (Å²) in [6.45, 7) is 1.57. The molecule has 0 spiro atoms. The SMILES string of the molecule is CC(=O)CCNC(=O)Nc1ccc(F)cc1F. The van der Waals surface area contributed by atoms with Gasteiger partial charge in [0.2, 0.25) is 0 Å². The third-order valence-electron chi connectivity index (χ3n) is 1.94. The third-order valence-corrected chi connectivity index (χ3v) is 1.94. The van der Waals surface area contributed by atoms with Gasteiger partial charge in [0, 0.05) is 19.0 Å². The fraction of sp³-hybridized carbons (Fsp3) is 0.273. The molecular weight excluding hydrogens is 230 g/mol. The van der Waals surface area contributed by atoms with Crippen molar-refractivity contribution in [3.05, 3.63) is 29.8 Å². The molecule has 1 aromatic carbocycles. The molecule has 0 radical (unpaired) electrons. The van der Waals surface area contributed by atoms with Gasteiger partial charge in [0.05, 0.1) is 5.69 Å². The maximum Gasteiger partial charge on any atom is 0.319 e. The number of rotatable bonds is 4. The maximum atomic E-state index is 13.1. The molecule has 17 heavy (non-hydrogen) atoms. The van der Waals surface area contributed by atoms with E-state index in [1.54, 1.807) is 0 Å². The fourth-order valence-corrected chi connectivity index (χ4v) is 1.11. The summed E-state index contributed by atoms with van der Waals surface area (Å²) >= 11 is 0. The number of Topliss-reactive ketones (excluding diaryl/α,β-unsaturated/α-hetero) is 1. The molecule has 0 fully saturated rings. The van der Waals surface area contributed by atoms with Gasteiger partial charge in [0.25, 0.3) is 0 Å². The molecule has 0 atom stereocenters. The highest BCUT2D eigenvalue weighted by atomic mass is 19.1. The van der Waals surface area contributed by atoms with Crippen LogP contribution in [0, 0.1) is 11.6 Å². The van der Waals surface area contributed by atoms with E-state index in [9.17, 15) is 18.4 Å². The summed E-state index contributed by atoms with van der Waals surface area (Å²) in [7, 11) is 0. The Bertz CT molecular complexity index is 435. The lowest BCUT2D eigenvalue weighted by Crippen LogP contribution is -2.30. The highest BCUT2D eigenvalue weighted by molar-refractivity contribution is 5.89. The van der Waals surface area contributed by atoms with Crippen LogP contribution >= 0.6 is 0 Å². The number of hydrogen-bond donors (Lipinski definition) is 2. The van der Waals surface area contributed by atoms with Crippen LogP contribution < -0.4 is 10.6 Å². The number of nitrogens with one attached hydrogen (secondary N) is 2. The summed E-state index contributed by atoms with van der Waals surface area (Å²) in [5.41, 5.74) is -0.119. The summed E-state index contributed by atoms with van der Waals surface area (Å²) in [6, 6.07) is 2.19. The van der Waals surface area contributed by atoms with Gasteiger partial charge in [-0.25, -0.2) is 13.6 Å². The van der Waals surface area contributed by atoms with Crippen LogP contribution in [0.1, 0.15) is 13.3 Å². The molecule has 0 aliphatic rings. The molecule has 0 aromatic heterocycles. The molecule has 0 saturated heterocycles. The molecule has 1 aromatic rings. The smallest absolute Gasteiger partial charge is 0.319 e. The van der Waals surface area contributed by atoms with Crippen molar-refractivity contribution in [3.8, 4) is 0 Å². The van der Waals surface area contributed by atoms with Crippen molar-refractivity contribution in [2.24, 2.45) is 0 Å². The van der Waals surface area contributed by atoms with Gasteiger partial charge in [-0.1, -0.05) is 0 Å². The van der Waals surface area contributed by atoms with Crippen molar-refractivity contribution >= 4 is 17.5 Å². The monoisotopic (exact) mass is 242 g/mol. The zero-order valence-corrected chi connectivity index (χ0v) is 9.22. The van der Waals surface area contributed by atoms with Crippen molar-refractivity contribution in [1.29, 1.82) is 0 Å². The van der Waals surface area contributed by atoms with Crippen molar-refractivity contribution in [2.45, 2.75) is 13.3 Å². The van der Waals surface area contributed by atoms with E-state index in [0.29, 0.717) is 6.07 Å². The fourth-order valence-electron chi connectivity index (χ4n) is 1.11. The number of carbonyl (C=O) groups excluding carboxylic acids is 2. The summed E-state index contributed by atoms with van der Waals surface area (Å²) in [5.74, 6) is -1.63. The molecular formula is C11H12F2N2O2. The van der Waals surface area contributed by atoms with E-state index in [2.05, 4.69) is 10.6 Å². The van der Waals surface area contributed by atoms with E-state index in [1.165, 1.54) is 6.92 Å². The Labute approximate surface area is 97.0 Å². The van der Waals surface area contributed by atoms with Gasteiger partial charge in [-0.15, -0.1) is 0 Å². The number of hydrogen-bond acceptors (Lipinski definition) is 2. The molecule has 0 aliphatic heterocycles. The number of anilines is 1. The van der Waals surface area contributed by atoms with E-state index >= 15 is 0 Å². The van der Waals surface area contributed by atoms with Crippen LogP contribution in [-0.4, -0.2) is 18.4 Å². The second kappa shape index (κ2) is 5.93. The first-order chi connectivity index (χ1) is 7.99. The number of halogens is 2. The topological polar surface area (TPSA) is 58.2 Å². The van der Waals surface area contributed by atoms with Crippen LogP contribution in [0.3, 0.4) is 0 Å². The Morgan fingerprint density at radius 2 is 2.00 bits per heavy atom. The maximum absolute atomic E-state index is 13.1. The summed E-state index contributed by atoms with van der Waals surface area (Å²) in [6.07, 6.45) is 0.208. The Hall–Kier alpha value is -1.98. The second-order valence-corrected chi connectivity index (χ2v) is 3.46. The molecule has 92 valence electrons. The highest BCUT2D eigenvalue weighted by Crippen LogP contribution is 2.14. The standard InChI is InChI=1S/C11H12F2N2O2/c1-7(16)4-5-14-11(17)15-10-3-2-8(12)6-9(10)13/h2-3,6H,4-5H2,1H3,(H2,14,15,17). The predicted octanol–water partition coefficient (Wildman–Crippen LogP) is 2.07. The first-order valence-corrected chi connectivity index (χ1v) is 4.98. The first-order valence-electron chi connectivity index (χ1n) is 4.98. The third kappa shape index (κ3) is 4.58. The van der Waals surface area contributed by atoms with Crippen LogP contribution in [0.4, 0.5) is 19.3 Å². The molecule has 1 rings (SSSR count). The number of urea groups is 1. The molecule has 0 aliphatic carbocycles. The average Bonchev–Trinajstić information content (AvgIpc) is 2.21. The minimum atomic E-state index is -0.855. The molecule has 4 nitrogen and oxygen atoms in total. The van der Waals surface area contributed by atoms with Gasteiger partial charge < -0.3 is 10.6 Å². The van der Waals surface area contributed by atoms with E-state index in [4.69, 9.17) is 0 Å². The Morgan fingerprint density at radius 1 is 1.29 bits per heavy atom. The number of benzene rings is 1. The summed E-state index contributed by atoms with van der Waals surface area (Å²) < 4.78 is 25.7. The summed E-state index contributed by atoms with van der Waals surface area (Å²) in [5, 5.41) is 4.58. The minimum absolute atomic E-state index is 0.0572. The molecule has 0 unspecified atom stereocenters. The van der Waals surface area contributed by atoms with Gasteiger partial charge in [0.1, 0.15) is 17.4 Å². The Kier molecular flexibility index (Phi) is 4.56. The van der Waals surface area contributed by atoms with Crippen molar-refractivity contribution in [2.75, 3.05) is 11.9 Å². The normalized spacial score (nSPS) is 9.82. The number of amides is 2. The van der Waals surface area contributed by atoms with E-state index in [0.717, 1.165) is 12.1 Å². The quantitative estimate of drug-likeness (QED) is 0.849. The Morgan fingerprint density at radius 3 is 2.59 bits per heavy atom. The Balaban J connectivity index is 2.48. The van der Waals surface area contributed by atoms with Gasteiger partial charge in [-0.3, -0.25) is 4.79 Å². The van der Waals surface area contributed by atoms with Gasteiger partial charge >= 0.3 is 6.03 Å². The molecule has 0 saturated carbocycles. The van der Waals surface area contributed by atoms with Crippen LogP contribution in [0.5, 0.6) is 0 Å².